The topological polar surface area (TPSA) is 26.2 Å². The standard InChI is InChI=1S/C18H32N2O/c1-6-18(7-2)12-17(9-10-21-18)19-13-16-11-14(4)20(8-3)15(16)5/h11,17,19H,6-10,12-13H2,1-5H3. The lowest BCUT2D eigenvalue weighted by molar-refractivity contribution is -0.0932. The Morgan fingerprint density at radius 3 is 2.57 bits per heavy atom. The zero-order valence-electron chi connectivity index (χ0n) is 14.5. The molecule has 120 valence electrons. The highest BCUT2D eigenvalue weighted by molar-refractivity contribution is 5.26. The highest BCUT2D eigenvalue weighted by atomic mass is 16.5. The fourth-order valence-electron chi connectivity index (χ4n) is 3.74. The van der Waals surface area contributed by atoms with Gasteiger partial charge >= 0.3 is 0 Å². The van der Waals surface area contributed by atoms with Crippen molar-refractivity contribution in [2.75, 3.05) is 6.61 Å². The summed E-state index contributed by atoms with van der Waals surface area (Å²) >= 11 is 0. The van der Waals surface area contributed by atoms with Crippen LogP contribution < -0.4 is 5.32 Å². The SMILES string of the molecule is CCn1c(C)cc(CNC2CCOC(CC)(CC)C2)c1C. The number of ether oxygens (including phenoxy) is 1. The molecule has 1 unspecified atom stereocenters. The first-order valence-corrected chi connectivity index (χ1v) is 8.58. The van der Waals surface area contributed by atoms with Crippen molar-refractivity contribution in [1.82, 2.24) is 9.88 Å². The van der Waals surface area contributed by atoms with Crippen LogP contribution in [0, 0.1) is 13.8 Å². The van der Waals surface area contributed by atoms with E-state index in [1.165, 1.54) is 17.0 Å². The van der Waals surface area contributed by atoms with Gasteiger partial charge in [-0.2, -0.15) is 0 Å². The number of aromatic nitrogens is 1. The predicted molar refractivity (Wildman–Crippen MR) is 88.7 cm³/mol. The molecule has 3 heteroatoms. The lowest BCUT2D eigenvalue weighted by atomic mass is 9.86. The van der Waals surface area contributed by atoms with Gasteiger partial charge in [0.15, 0.2) is 0 Å². The third kappa shape index (κ3) is 3.51. The Labute approximate surface area is 130 Å². The third-order valence-corrected chi connectivity index (χ3v) is 5.36. The minimum atomic E-state index is 0.107. The summed E-state index contributed by atoms with van der Waals surface area (Å²) in [6.45, 7) is 14.1. The second-order valence-electron chi connectivity index (χ2n) is 6.45. The maximum absolute atomic E-state index is 6.07. The molecular weight excluding hydrogens is 260 g/mol. The molecular formula is C18H32N2O. The lowest BCUT2D eigenvalue weighted by Gasteiger charge is -2.40. The van der Waals surface area contributed by atoms with E-state index in [0.29, 0.717) is 6.04 Å². The highest BCUT2D eigenvalue weighted by Crippen LogP contribution is 2.31. The van der Waals surface area contributed by atoms with E-state index >= 15 is 0 Å². The van der Waals surface area contributed by atoms with Gasteiger partial charge in [0, 0.05) is 37.1 Å². The van der Waals surface area contributed by atoms with Crippen LogP contribution in [0.1, 0.15) is 63.4 Å². The Bertz CT molecular complexity index is 460. The molecule has 1 fully saturated rings. The van der Waals surface area contributed by atoms with Gasteiger partial charge in [0.2, 0.25) is 0 Å². The molecule has 1 aliphatic rings. The van der Waals surface area contributed by atoms with Gasteiger partial charge in [-0.25, -0.2) is 0 Å². The monoisotopic (exact) mass is 292 g/mol. The van der Waals surface area contributed by atoms with Crippen molar-refractivity contribution in [2.45, 2.75) is 85.0 Å². The highest BCUT2D eigenvalue weighted by Gasteiger charge is 2.34. The molecule has 1 aliphatic heterocycles. The average molecular weight is 292 g/mol. The van der Waals surface area contributed by atoms with Crippen LogP contribution in [0.2, 0.25) is 0 Å². The maximum atomic E-state index is 6.07. The smallest absolute Gasteiger partial charge is 0.0692 e. The quantitative estimate of drug-likeness (QED) is 0.859. The summed E-state index contributed by atoms with van der Waals surface area (Å²) in [7, 11) is 0. The predicted octanol–water partition coefficient (Wildman–Crippen LogP) is 3.95. The summed E-state index contributed by atoms with van der Waals surface area (Å²) in [6, 6.07) is 2.92. The van der Waals surface area contributed by atoms with Crippen LogP contribution in [-0.4, -0.2) is 22.8 Å². The molecule has 0 aliphatic carbocycles. The minimum Gasteiger partial charge on any atom is -0.375 e. The molecule has 0 radical (unpaired) electrons. The summed E-state index contributed by atoms with van der Waals surface area (Å²) in [5.41, 5.74) is 4.33. The lowest BCUT2D eigenvalue weighted by Crippen LogP contribution is -2.46. The van der Waals surface area contributed by atoms with Gasteiger partial charge in [0.25, 0.3) is 0 Å². The summed E-state index contributed by atoms with van der Waals surface area (Å²) in [6.07, 6.45) is 4.51. The van der Waals surface area contributed by atoms with Crippen molar-refractivity contribution < 1.29 is 4.74 Å². The summed E-state index contributed by atoms with van der Waals surface area (Å²) < 4.78 is 8.46. The number of aryl methyl sites for hydroxylation is 1. The Hall–Kier alpha value is -0.800. The van der Waals surface area contributed by atoms with Crippen LogP contribution in [-0.2, 0) is 17.8 Å². The average Bonchev–Trinajstić information content (AvgIpc) is 2.79. The van der Waals surface area contributed by atoms with Crippen molar-refractivity contribution in [2.24, 2.45) is 0 Å². The van der Waals surface area contributed by atoms with Crippen LogP contribution in [0.25, 0.3) is 0 Å². The first-order valence-electron chi connectivity index (χ1n) is 8.58. The van der Waals surface area contributed by atoms with Crippen molar-refractivity contribution in [3.63, 3.8) is 0 Å². The normalized spacial score (nSPS) is 21.7. The molecule has 2 heterocycles. The minimum absolute atomic E-state index is 0.107. The number of hydrogen-bond donors (Lipinski definition) is 1. The van der Waals surface area contributed by atoms with Gasteiger partial charge in [-0.1, -0.05) is 13.8 Å². The Morgan fingerprint density at radius 2 is 2.00 bits per heavy atom. The molecule has 3 nitrogen and oxygen atoms in total. The van der Waals surface area contributed by atoms with Gasteiger partial charge in [0.05, 0.1) is 5.60 Å². The van der Waals surface area contributed by atoms with E-state index in [2.05, 4.69) is 50.6 Å². The van der Waals surface area contributed by atoms with E-state index < -0.39 is 0 Å². The third-order valence-electron chi connectivity index (χ3n) is 5.36. The summed E-state index contributed by atoms with van der Waals surface area (Å²) in [5, 5.41) is 3.77. The molecule has 21 heavy (non-hydrogen) atoms. The zero-order chi connectivity index (χ0) is 15.5. The summed E-state index contributed by atoms with van der Waals surface area (Å²) in [5.74, 6) is 0. The number of nitrogens with zero attached hydrogens (tertiary/aromatic N) is 1. The van der Waals surface area contributed by atoms with Crippen LogP contribution in [0.4, 0.5) is 0 Å². The van der Waals surface area contributed by atoms with Crippen LogP contribution in [0.15, 0.2) is 6.07 Å². The molecule has 1 aromatic rings. The summed E-state index contributed by atoms with van der Waals surface area (Å²) in [4.78, 5) is 0. The molecule has 1 N–H and O–H groups in total. The number of nitrogens with one attached hydrogen (secondary N) is 1. The number of rotatable bonds is 6. The maximum Gasteiger partial charge on any atom is 0.0692 e. The zero-order valence-corrected chi connectivity index (χ0v) is 14.5. The molecule has 1 saturated heterocycles. The first kappa shape index (κ1) is 16.6. The second-order valence-corrected chi connectivity index (χ2v) is 6.45. The first-order chi connectivity index (χ1) is 10.0. The number of hydrogen-bond acceptors (Lipinski definition) is 2. The van der Waals surface area contributed by atoms with Crippen LogP contribution in [0.5, 0.6) is 0 Å². The molecule has 0 amide bonds. The Kier molecular flexibility index (Phi) is 5.50. The molecule has 0 saturated carbocycles. The Morgan fingerprint density at radius 1 is 1.29 bits per heavy atom. The van der Waals surface area contributed by atoms with Crippen LogP contribution >= 0.6 is 0 Å². The molecule has 0 spiro atoms. The fourth-order valence-corrected chi connectivity index (χ4v) is 3.74. The van der Waals surface area contributed by atoms with Gasteiger partial charge in [-0.3, -0.25) is 0 Å². The van der Waals surface area contributed by atoms with Crippen LogP contribution in [0.3, 0.4) is 0 Å². The molecule has 0 aromatic carbocycles. The van der Waals surface area contributed by atoms with E-state index in [9.17, 15) is 0 Å². The van der Waals surface area contributed by atoms with E-state index in [0.717, 1.165) is 45.4 Å². The van der Waals surface area contributed by atoms with E-state index in [-0.39, 0.29) is 5.60 Å². The van der Waals surface area contributed by atoms with Crippen molar-refractivity contribution in [3.8, 4) is 0 Å². The molecule has 1 aromatic heterocycles. The second kappa shape index (κ2) is 6.97. The van der Waals surface area contributed by atoms with E-state index in [1.807, 2.05) is 0 Å². The molecule has 2 rings (SSSR count). The van der Waals surface area contributed by atoms with Crippen molar-refractivity contribution in [1.29, 1.82) is 0 Å². The van der Waals surface area contributed by atoms with Gasteiger partial charge < -0.3 is 14.6 Å². The Balaban J connectivity index is 1.97. The molecule has 1 atom stereocenters. The van der Waals surface area contributed by atoms with Gasteiger partial charge in [0.1, 0.15) is 0 Å². The largest absolute Gasteiger partial charge is 0.375 e. The molecule has 0 bridgehead atoms. The van der Waals surface area contributed by atoms with Crippen molar-refractivity contribution in [3.05, 3.63) is 23.0 Å². The van der Waals surface area contributed by atoms with Gasteiger partial charge in [-0.15, -0.1) is 0 Å². The van der Waals surface area contributed by atoms with Crippen molar-refractivity contribution >= 4 is 0 Å². The van der Waals surface area contributed by atoms with E-state index in [1.54, 1.807) is 0 Å². The van der Waals surface area contributed by atoms with Gasteiger partial charge in [-0.05, 0) is 58.1 Å². The van der Waals surface area contributed by atoms with E-state index in [4.69, 9.17) is 4.74 Å². The fraction of sp³-hybridized carbons (Fsp3) is 0.778.